The van der Waals surface area contributed by atoms with Crippen LogP contribution in [-0.2, 0) is 12.0 Å². The van der Waals surface area contributed by atoms with Crippen LogP contribution < -0.4 is 20.9 Å². The highest BCUT2D eigenvalue weighted by Gasteiger charge is 2.30. The highest BCUT2D eigenvalue weighted by molar-refractivity contribution is 5.85. The van der Waals surface area contributed by atoms with Gasteiger partial charge in [-0.15, -0.1) is 0 Å². The molecule has 10 nitrogen and oxygen atoms in total. The van der Waals surface area contributed by atoms with Crippen LogP contribution in [0.1, 0.15) is 51.2 Å². The summed E-state index contributed by atoms with van der Waals surface area (Å²) >= 11 is 0. The van der Waals surface area contributed by atoms with Gasteiger partial charge < -0.3 is 28.1 Å². The summed E-state index contributed by atoms with van der Waals surface area (Å²) in [4.78, 5) is 39.5. The molecule has 1 aliphatic carbocycles. The number of hydrogen-bond acceptors (Lipinski definition) is 8. The van der Waals surface area contributed by atoms with Gasteiger partial charge in [0.1, 0.15) is 5.82 Å². The van der Waals surface area contributed by atoms with Crippen molar-refractivity contribution in [3.05, 3.63) is 56.5 Å². The van der Waals surface area contributed by atoms with Gasteiger partial charge >= 0.3 is 12.0 Å². The molecule has 0 amide bonds. The minimum absolute atomic E-state index is 0.0882. The lowest BCUT2D eigenvalue weighted by Gasteiger charge is -2.36. The van der Waals surface area contributed by atoms with Crippen molar-refractivity contribution in [3.63, 3.8) is 0 Å². The number of aromatic nitrogens is 1. The average Bonchev–Trinajstić information content (AvgIpc) is 3.57. The SMILES string of the molecule is CC(C)(C)c1oc(=O)oc1CN1CCN(c2cc3c(cc2F)c(=O)c(OC(=O)O)cn3C2CC2)CC1. The Morgan fingerprint density at radius 3 is 2.44 bits per heavy atom. The zero-order chi connectivity index (χ0) is 25.8. The maximum atomic E-state index is 15.2. The van der Waals surface area contributed by atoms with E-state index in [2.05, 4.69) is 9.64 Å². The van der Waals surface area contributed by atoms with Crippen molar-refractivity contribution in [2.75, 3.05) is 31.1 Å². The summed E-state index contributed by atoms with van der Waals surface area (Å²) in [5, 5.41) is 9.05. The number of carbonyl (C=O) groups is 1. The van der Waals surface area contributed by atoms with Crippen LogP contribution in [0.5, 0.6) is 5.75 Å². The molecule has 1 saturated carbocycles. The molecule has 3 heterocycles. The van der Waals surface area contributed by atoms with Gasteiger partial charge in [0.05, 0.1) is 29.3 Å². The second kappa shape index (κ2) is 8.81. The summed E-state index contributed by atoms with van der Waals surface area (Å²) in [7, 11) is 0. The van der Waals surface area contributed by atoms with Crippen LogP contribution in [0.25, 0.3) is 10.9 Å². The third-order valence-electron chi connectivity index (χ3n) is 6.61. The molecule has 5 rings (SSSR count). The molecule has 0 atom stereocenters. The van der Waals surface area contributed by atoms with E-state index in [1.165, 1.54) is 12.3 Å². The Hall–Kier alpha value is -3.60. The molecule has 3 aromatic rings. The van der Waals surface area contributed by atoms with Crippen LogP contribution in [0.15, 0.2) is 36.8 Å². The Labute approximate surface area is 205 Å². The number of pyridine rings is 1. The van der Waals surface area contributed by atoms with E-state index < -0.39 is 23.2 Å². The second-order valence-corrected chi connectivity index (χ2v) is 10.4. The molecule has 2 fully saturated rings. The molecule has 0 bridgehead atoms. The van der Waals surface area contributed by atoms with Gasteiger partial charge in [-0.05, 0) is 25.0 Å². The fraction of sp³-hybridized carbons (Fsp3) is 0.480. The van der Waals surface area contributed by atoms with E-state index in [1.807, 2.05) is 30.2 Å². The number of benzene rings is 1. The van der Waals surface area contributed by atoms with Crippen LogP contribution >= 0.6 is 0 Å². The number of nitrogens with zero attached hydrogens (tertiary/aromatic N) is 3. The summed E-state index contributed by atoms with van der Waals surface area (Å²) in [5.74, 6) is -0.571. The quantitative estimate of drug-likeness (QED) is 0.522. The Morgan fingerprint density at radius 2 is 1.83 bits per heavy atom. The van der Waals surface area contributed by atoms with E-state index in [0.29, 0.717) is 55.4 Å². The minimum Gasteiger partial charge on any atom is -0.449 e. The number of anilines is 1. The fourth-order valence-corrected chi connectivity index (χ4v) is 4.73. The first-order valence-corrected chi connectivity index (χ1v) is 11.9. The van der Waals surface area contributed by atoms with Crippen molar-refractivity contribution in [2.24, 2.45) is 0 Å². The fourth-order valence-electron chi connectivity index (χ4n) is 4.73. The molecule has 0 unspecified atom stereocenters. The highest BCUT2D eigenvalue weighted by atomic mass is 19.1. The van der Waals surface area contributed by atoms with E-state index in [-0.39, 0.29) is 22.6 Å². The molecular formula is C25H28FN3O7. The van der Waals surface area contributed by atoms with Crippen molar-refractivity contribution in [1.82, 2.24) is 9.47 Å². The lowest BCUT2D eigenvalue weighted by atomic mass is 9.92. The number of hydrogen-bond donors (Lipinski definition) is 1. The van der Waals surface area contributed by atoms with Gasteiger partial charge in [-0.2, -0.15) is 0 Å². The number of piperazine rings is 1. The normalized spacial score (nSPS) is 17.1. The molecule has 0 radical (unpaired) electrons. The van der Waals surface area contributed by atoms with E-state index in [0.717, 1.165) is 12.8 Å². The zero-order valence-corrected chi connectivity index (χ0v) is 20.4. The molecule has 1 aliphatic heterocycles. The van der Waals surface area contributed by atoms with Gasteiger partial charge in [-0.1, -0.05) is 20.8 Å². The summed E-state index contributed by atoms with van der Waals surface area (Å²) in [6.45, 7) is 8.54. The Balaban J connectivity index is 1.39. The van der Waals surface area contributed by atoms with Crippen molar-refractivity contribution in [2.45, 2.75) is 51.6 Å². The standard InChI is InChI=1S/C25H28FN3O7/c1-25(2,3)22-20(35-24(33)36-22)12-27-6-8-28(9-7-27)18-11-17-15(10-16(18)26)21(30)19(34-23(31)32)13-29(17)14-4-5-14/h10-11,13-14H,4-9,12H2,1-3H3,(H,31,32). The van der Waals surface area contributed by atoms with Gasteiger partial charge in [-0.3, -0.25) is 9.69 Å². The Morgan fingerprint density at radius 1 is 1.14 bits per heavy atom. The molecule has 1 aromatic carbocycles. The Kier molecular flexibility index (Phi) is 5.90. The maximum Gasteiger partial charge on any atom is 0.519 e. The molecule has 1 N–H and O–H groups in total. The molecule has 2 aliphatic rings. The lowest BCUT2D eigenvalue weighted by Crippen LogP contribution is -2.46. The van der Waals surface area contributed by atoms with E-state index in [9.17, 15) is 14.4 Å². The van der Waals surface area contributed by atoms with Crippen LogP contribution in [0.4, 0.5) is 14.9 Å². The van der Waals surface area contributed by atoms with Crippen molar-refractivity contribution in [1.29, 1.82) is 0 Å². The topological polar surface area (TPSA) is 118 Å². The average molecular weight is 502 g/mol. The largest absolute Gasteiger partial charge is 0.519 e. The molecule has 0 spiro atoms. The second-order valence-electron chi connectivity index (χ2n) is 10.4. The molecule has 36 heavy (non-hydrogen) atoms. The van der Waals surface area contributed by atoms with Crippen LogP contribution in [-0.4, -0.2) is 46.9 Å². The highest BCUT2D eigenvalue weighted by Crippen LogP contribution is 2.39. The molecule has 1 saturated heterocycles. The van der Waals surface area contributed by atoms with Gasteiger partial charge in [0, 0.05) is 37.6 Å². The predicted molar refractivity (Wildman–Crippen MR) is 129 cm³/mol. The number of halogens is 1. The lowest BCUT2D eigenvalue weighted by molar-refractivity contribution is 0.143. The summed E-state index contributed by atoms with van der Waals surface area (Å²) < 4.78 is 32.3. The smallest absolute Gasteiger partial charge is 0.449 e. The van der Waals surface area contributed by atoms with Gasteiger partial charge in [0.2, 0.25) is 5.43 Å². The first-order valence-electron chi connectivity index (χ1n) is 11.9. The number of rotatable bonds is 5. The Bertz CT molecular complexity index is 1440. The molecule has 11 heteroatoms. The summed E-state index contributed by atoms with van der Waals surface area (Å²) in [6.07, 6.45) is 1.59. The van der Waals surface area contributed by atoms with E-state index in [1.54, 1.807) is 6.07 Å². The number of fused-ring (bicyclic) bond motifs is 1. The molecular weight excluding hydrogens is 473 g/mol. The zero-order valence-electron chi connectivity index (χ0n) is 20.4. The van der Waals surface area contributed by atoms with E-state index >= 15 is 4.39 Å². The van der Waals surface area contributed by atoms with Gasteiger partial charge in [0.25, 0.3) is 0 Å². The van der Waals surface area contributed by atoms with Gasteiger partial charge in [-0.25, -0.2) is 14.0 Å². The summed E-state index contributed by atoms with van der Waals surface area (Å²) in [5.41, 5.74) is -0.0949. The van der Waals surface area contributed by atoms with Crippen LogP contribution in [0, 0.1) is 5.82 Å². The number of carboxylic acid groups (broad SMARTS) is 1. The van der Waals surface area contributed by atoms with Crippen LogP contribution in [0.2, 0.25) is 0 Å². The first kappa shape index (κ1) is 24.1. The molecule has 2 aromatic heterocycles. The third-order valence-corrected chi connectivity index (χ3v) is 6.61. The number of ether oxygens (including phenoxy) is 1. The molecule has 192 valence electrons. The van der Waals surface area contributed by atoms with Crippen molar-refractivity contribution in [3.8, 4) is 5.75 Å². The maximum absolute atomic E-state index is 15.2. The van der Waals surface area contributed by atoms with Gasteiger partial charge in [0.15, 0.2) is 17.3 Å². The first-order chi connectivity index (χ1) is 17.0. The predicted octanol–water partition coefficient (Wildman–Crippen LogP) is 3.70. The van der Waals surface area contributed by atoms with Crippen molar-refractivity contribution >= 4 is 22.7 Å². The van der Waals surface area contributed by atoms with Crippen LogP contribution in [0.3, 0.4) is 0 Å². The monoisotopic (exact) mass is 501 g/mol. The van der Waals surface area contributed by atoms with E-state index in [4.69, 9.17) is 13.9 Å². The third kappa shape index (κ3) is 4.62. The minimum atomic E-state index is -1.59. The summed E-state index contributed by atoms with van der Waals surface area (Å²) in [6, 6.07) is 2.95. The van der Waals surface area contributed by atoms with Crippen molar-refractivity contribution < 1.29 is 27.9 Å².